The third-order valence-electron chi connectivity index (χ3n) is 6.07. The lowest BCUT2D eigenvalue weighted by Gasteiger charge is -2.35. The predicted octanol–water partition coefficient (Wildman–Crippen LogP) is 4.35. The molecule has 5 nitrogen and oxygen atoms in total. The number of hydrogen-bond acceptors (Lipinski definition) is 4. The molecule has 160 valence electrons. The van der Waals surface area contributed by atoms with Crippen molar-refractivity contribution in [3.8, 4) is 0 Å². The Morgan fingerprint density at radius 3 is 2.71 bits per heavy atom. The highest BCUT2D eigenvalue weighted by molar-refractivity contribution is 5.84. The van der Waals surface area contributed by atoms with E-state index in [9.17, 15) is 13.2 Å². The number of piperidine rings is 1. The summed E-state index contributed by atoms with van der Waals surface area (Å²) >= 11 is 0. The van der Waals surface area contributed by atoms with Crippen LogP contribution in [0.5, 0.6) is 0 Å². The van der Waals surface area contributed by atoms with Crippen LogP contribution in [0.2, 0.25) is 0 Å². The maximum atomic E-state index is 14.2. The van der Waals surface area contributed by atoms with Crippen LogP contribution in [0.3, 0.4) is 0 Å². The van der Waals surface area contributed by atoms with Crippen molar-refractivity contribution in [3.63, 3.8) is 0 Å². The van der Waals surface area contributed by atoms with E-state index < -0.39 is 23.8 Å². The molecule has 2 N–H and O–H groups in total. The molecule has 0 aliphatic carbocycles. The van der Waals surface area contributed by atoms with Gasteiger partial charge in [0.1, 0.15) is 6.17 Å². The fraction of sp³-hybridized carbons (Fsp3) is 0.304. The molecule has 0 saturated carbocycles. The van der Waals surface area contributed by atoms with Crippen molar-refractivity contribution in [1.82, 2.24) is 14.5 Å². The van der Waals surface area contributed by atoms with Crippen molar-refractivity contribution >= 4 is 27.9 Å². The average Bonchev–Trinajstić information content (AvgIpc) is 3.13. The van der Waals surface area contributed by atoms with Gasteiger partial charge in [-0.15, -0.1) is 0 Å². The number of hydrogen-bond donors (Lipinski definition) is 1. The van der Waals surface area contributed by atoms with E-state index in [4.69, 9.17) is 5.73 Å². The summed E-state index contributed by atoms with van der Waals surface area (Å²) in [6.45, 7) is 2.66. The molecule has 2 aromatic carbocycles. The SMILES string of the molecule is C[C@H](c1cccc2cccnc12)n1c(N2CC[C@@H](F)[C@H](N)C2)nc2cc(F)c(F)cc21. The number of nitrogens with two attached hydrogens (primary N) is 1. The molecule has 0 unspecified atom stereocenters. The number of pyridine rings is 1. The quantitative estimate of drug-likeness (QED) is 0.530. The van der Waals surface area contributed by atoms with Crippen LogP contribution in [-0.4, -0.2) is 39.8 Å². The Morgan fingerprint density at radius 1 is 1.13 bits per heavy atom. The van der Waals surface area contributed by atoms with Crippen LogP contribution >= 0.6 is 0 Å². The Bertz CT molecular complexity index is 1270. The normalized spacial score (nSPS) is 20.5. The maximum absolute atomic E-state index is 14.2. The van der Waals surface area contributed by atoms with E-state index in [1.807, 2.05) is 46.7 Å². The number of benzene rings is 2. The van der Waals surface area contributed by atoms with Gasteiger partial charge in [-0.1, -0.05) is 24.3 Å². The Balaban J connectivity index is 1.71. The lowest BCUT2D eigenvalue weighted by atomic mass is 10.0. The predicted molar refractivity (Wildman–Crippen MR) is 115 cm³/mol. The van der Waals surface area contributed by atoms with Crippen LogP contribution in [-0.2, 0) is 0 Å². The van der Waals surface area contributed by atoms with E-state index in [0.717, 1.165) is 28.6 Å². The summed E-state index contributed by atoms with van der Waals surface area (Å²) in [4.78, 5) is 11.0. The van der Waals surface area contributed by atoms with Crippen molar-refractivity contribution in [2.75, 3.05) is 18.0 Å². The van der Waals surface area contributed by atoms with E-state index in [-0.39, 0.29) is 19.0 Å². The van der Waals surface area contributed by atoms with Crippen LogP contribution in [0.1, 0.15) is 24.9 Å². The summed E-state index contributed by atoms with van der Waals surface area (Å²) < 4.78 is 44.0. The smallest absolute Gasteiger partial charge is 0.207 e. The van der Waals surface area contributed by atoms with Crippen LogP contribution < -0.4 is 10.6 Å². The molecule has 0 bridgehead atoms. The van der Waals surface area contributed by atoms with E-state index in [1.165, 1.54) is 0 Å². The van der Waals surface area contributed by atoms with Gasteiger partial charge in [-0.2, -0.15) is 0 Å². The number of fused-ring (bicyclic) bond motifs is 2. The third kappa shape index (κ3) is 3.31. The van der Waals surface area contributed by atoms with Gasteiger partial charge in [-0.05, 0) is 19.4 Å². The van der Waals surface area contributed by atoms with Crippen LogP contribution in [0, 0.1) is 11.6 Å². The molecule has 0 spiro atoms. The molecule has 1 saturated heterocycles. The Labute approximate surface area is 177 Å². The standard InChI is InChI=1S/C23H22F3N5/c1-13(15-6-2-4-14-5-3-8-28-22(14)15)31-21-11-18(26)17(25)10-20(21)29-23(31)30-9-7-16(24)19(27)12-30/h2-6,8,10-11,13,16,19H,7,9,12,27H2,1H3/t13-,16-,19-/m1/s1. The minimum atomic E-state index is -1.08. The fourth-order valence-electron chi connectivity index (χ4n) is 4.42. The average molecular weight is 425 g/mol. The first kappa shape index (κ1) is 19.8. The van der Waals surface area contributed by atoms with Gasteiger partial charge >= 0.3 is 0 Å². The largest absolute Gasteiger partial charge is 0.340 e. The molecule has 3 atom stereocenters. The van der Waals surface area contributed by atoms with Gasteiger partial charge in [0.25, 0.3) is 0 Å². The molecule has 5 rings (SSSR count). The minimum Gasteiger partial charge on any atom is -0.340 e. The van der Waals surface area contributed by atoms with Gasteiger partial charge < -0.3 is 15.2 Å². The molecule has 1 fully saturated rings. The van der Waals surface area contributed by atoms with Gasteiger partial charge in [-0.3, -0.25) is 4.98 Å². The summed E-state index contributed by atoms with van der Waals surface area (Å²) in [5.74, 6) is -1.38. The molecule has 2 aromatic heterocycles. The highest BCUT2D eigenvalue weighted by Crippen LogP contribution is 2.35. The van der Waals surface area contributed by atoms with E-state index in [2.05, 4.69) is 9.97 Å². The molecular formula is C23H22F3N5. The Kier molecular flexibility index (Phi) is 4.81. The van der Waals surface area contributed by atoms with E-state index in [0.29, 0.717) is 23.5 Å². The fourth-order valence-corrected chi connectivity index (χ4v) is 4.42. The number of aromatic nitrogens is 3. The Hall–Kier alpha value is -3.13. The number of nitrogens with zero attached hydrogens (tertiary/aromatic N) is 4. The second-order valence-electron chi connectivity index (χ2n) is 8.05. The monoisotopic (exact) mass is 425 g/mol. The number of halogens is 3. The van der Waals surface area contributed by atoms with Crippen LogP contribution in [0.25, 0.3) is 21.9 Å². The highest BCUT2D eigenvalue weighted by Gasteiger charge is 2.31. The molecule has 1 aliphatic rings. The minimum absolute atomic E-state index is 0.274. The second-order valence-corrected chi connectivity index (χ2v) is 8.05. The number of imidazole rings is 1. The molecular weight excluding hydrogens is 403 g/mol. The third-order valence-corrected chi connectivity index (χ3v) is 6.07. The van der Waals surface area contributed by atoms with Gasteiger partial charge in [0, 0.05) is 42.4 Å². The Morgan fingerprint density at radius 2 is 1.90 bits per heavy atom. The first-order chi connectivity index (χ1) is 14.9. The van der Waals surface area contributed by atoms with Crippen molar-refractivity contribution in [1.29, 1.82) is 0 Å². The van der Waals surface area contributed by atoms with Crippen molar-refractivity contribution < 1.29 is 13.2 Å². The summed E-state index contributed by atoms with van der Waals surface area (Å²) in [6, 6.07) is 11.1. The van der Waals surface area contributed by atoms with Crippen molar-refractivity contribution in [2.24, 2.45) is 5.73 Å². The maximum Gasteiger partial charge on any atom is 0.207 e. The van der Waals surface area contributed by atoms with Gasteiger partial charge in [0.15, 0.2) is 11.6 Å². The van der Waals surface area contributed by atoms with Gasteiger partial charge in [-0.25, -0.2) is 18.2 Å². The number of rotatable bonds is 3. The van der Waals surface area contributed by atoms with E-state index in [1.54, 1.807) is 6.20 Å². The molecule has 8 heteroatoms. The summed E-state index contributed by atoms with van der Waals surface area (Å²) in [5, 5.41) is 0.982. The van der Waals surface area contributed by atoms with Crippen LogP contribution in [0.4, 0.5) is 19.1 Å². The zero-order valence-corrected chi connectivity index (χ0v) is 17.0. The molecule has 0 amide bonds. The number of para-hydroxylation sites is 1. The molecule has 1 aliphatic heterocycles. The molecule has 4 aromatic rings. The highest BCUT2D eigenvalue weighted by atomic mass is 19.2. The summed E-state index contributed by atoms with van der Waals surface area (Å²) in [7, 11) is 0. The zero-order chi connectivity index (χ0) is 21.7. The first-order valence-corrected chi connectivity index (χ1v) is 10.3. The van der Waals surface area contributed by atoms with Crippen molar-refractivity contribution in [2.45, 2.75) is 31.6 Å². The molecule has 3 heterocycles. The van der Waals surface area contributed by atoms with Crippen LogP contribution in [0.15, 0.2) is 48.7 Å². The number of anilines is 1. The lowest BCUT2D eigenvalue weighted by molar-refractivity contribution is 0.243. The topological polar surface area (TPSA) is 60.0 Å². The molecule has 0 radical (unpaired) electrons. The second kappa shape index (κ2) is 7.53. The lowest BCUT2D eigenvalue weighted by Crippen LogP contribution is -2.50. The van der Waals surface area contributed by atoms with Crippen molar-refractivity contribution in [3.05, 3.63) is 65.9 Å². The summed E-state index contributed by atoms with van der Waals surface area (Å²) in [6.07, 6.45) is 0.923. The number of alkyl halides is 1. The first-order valence-electron chi connectivity index (χ1n) is 10.3. The zero-order valence-electron chi connectivity index (χ0n) is 17.0. The van der Waals surface area contributed by atoms with E-state index >= 15 is 0 Å². The van der Waals surface area contributed by atoms with Gasteiger partial charge in [0.05, 0.1) is 28.6 Å². The van der Waals surface area contributed by atoms with Gasteiger partial charge in [0.2, 0.25) is 5.95 Å². The molecule has 31 heavy (non-hydrogen) atoms. The summed E-state index contributed by atoms with van der Waals surface area (Å²) in [5.41, 5.74) is 8.53.